The molecule has 14 nitrogen and oxygen atoms in total. The summed E-state index contributed by atoms with van der Waals surface area (Å²) in [5.41, 5.74) is 0.593. The van der Waals surface area contributed by atoms with Gasteiger partial charge in [-0.05, 0) is 76.9 Å². The van der Waals surface area contributed by atoms with Gasteiger partial charge in [-0.25, -0.2) is 18.4 Å². The number of benzene rings is 2. The molecule has 0 aliphatic carbocycles. The Labute approximate surface area is 275 Å². The molecule has 1 N–H and O–H groups in total. The Morgan fingerprint density at radius 2 is 1.25 bits per heavy atom. The first-order valence-electron chi connectivity index (χ1n) is 14.2. The van der Waals surface area contributed by atoms with Crippen molar-refractivity contribution in [3.8, 4) is 11.5 Å². The molecule has 0 saturated carbocycles. The summed E-state index contributed by atoms with van der Waals surface area (Å²) < 4.78 is 45.4. The van der Waals surface area contributed by atoms with Crippen molar-refractivity contribution in [3.05, 3.63) is 46.5 Å². The second-order valence-corrected chi connectivity index (χ2v) is 11.5. The average Bonchev–Trinajstić information content (AvgIpc) is 3.00. The molecule has 2 heterocycles. The van der Waals surface area contributed by atoms with Gasteiger partial charge in [0.25, 0.3) is 18.2 Å². The number of alkyl halides is 2. The second kappa shape index (κ2) is 15.5. The fourth-order valence-corrected chi connectivity index (χ4v) is 4.77. The SMILES string of the molecule is COC(=O)c1cc2c(cc1C)OC(C)(C)C(=O)N2C.COC(=O)c1cc2c(cc1C)OC(C)(C)C(=O)N2CC(=O)NCC(F)F.O=C=O. The van der Waals surface area contributed by atoms with Gasteiger partial charge in [-0.15, -0.1) is 0 Å². The van der Waals surface area contributed by atoms with Gasteiger partial charge in [0.1, 0.15) is 18.0 Å². The van der Waals surface area contributed by atoms with Crippen LogP contribution in [-0.2, 0) is 33.4 Å². The fourth-order valence-electron chi connectivity index (χ4n) is 4.77. The number of aryl methyl sites for hydroxylation is 2. The first-order valence-corrected chi connectivity index (χ1v) is 14.2. The van der Waals surface area contributed by atoms with Crippen molar-refractivity contribution in [2.75, 3.05) is 44.2 Å². The van der Waals surface area contributed by atoms with Crippen LogP contribution in [0, 0.1) is 13.8 Å². The van der Waals surface area contributed by atoms with Crippen LogP contribution in [0.3, 0.4) is 0 Å². The molecule has 4 rings (SSSR count). The van der Waals surface area contributed by atoms with E-state index in [9.17, 15) is 32.8 Å². The Hall–Kier alpha value is -5.37. The highest BCUT2D eigenvalue weighted by molar-refractivity contribution is 6.07. The van der Waals surface area contributed by atoms with Crippen LogP contribution in [0.1, 0.15) is 59.5 Å². The molecule has 0 radical (unpaired) electrons. The lowest BCUT2D eigenvalue weighted by Crippen LogP contribution is -2.55. The predicted molar refractivity (Wildman–Crippen MR) is 164 cm³/mol. The van der Waals surface area contributed by atoms with Crippen LogP contribution < -0.4 is 24.6 Å². The molecule has 0 aromatic heterocycles. The van der Waals surface area contributed by atoms with Crippen LogP contribution in [0.5, 0.6) is 11.5 Å². The number of nitrogens with zero attached hydrogens (tertiary/aromatic N) is 2. The molecular weight excluding hydrogens is 640 g/mol. The summed E-state index contributed by atoms with van der Waals surface area (Å²) in [5, 5.41) is 2.05. The van der Waals surface area contributed by atoms with E-state index in [2.05, 4.69) is 5.32 Å². The number of hydrogen-bond donors (Lipinski definition) is 1. The molecule has 2 aromatic carbocycles. The van der Waals surface area contributed by atoms with Crippen molar-refractivity contribution < 1.29 is 61.3 Å². The topological polar surface area (TPSA) is 175 Å². The summed E-state index contributed by atoms with van der Waals surface area (Å²) in [5.74, 6) is -1.56. The van der Waals surface area contributed by atoms with Crippen LogP contribution in [-0.4, -0.2) is 87.8 Å². The number of amides is 3. The van der Waals surface area contributed by atoms with Gasteiger partial charge in [-0.3, -0.25) is 19.3 Å². The zero-order valence-corrected chi connectivity index (χ0v) is 27.9. The Morgan fingerprint density at radius 1 is 0.833 bits per heavy atom. The van der Waals surface area contributed by atoms with Gasteiger partial charge in [0.05, 0.1) is 43.3 Å². The predicted octanol–water partition coefficient (Wildman–Crippen LogP) is 3.00. The Balaban J connectivity index is 0.000000320. The molecule has 0 atom stereocenters. The summed E-state index contributed by atoms with van der Waals surface area (Å²) in [6, 6.07) is 6.35. The lowest BCUT2D eigenvalue weighted by molar-refractivity contribution is -0.191. The molecule has 3 amide bonds. The lowest BCUT2D eigenvalue weighted by Gasteiger charge is -2.38. The minimum Gasteiger partial charge on any atom is -0.476 e. The van der Waals surface area contributed by atoms with Crippen molar-refractivity contribution in [2.45, 2.75) is 59.2 Å². The number of esters is 2. The highest BCUT2D eigenvalue weighted by Gasteiger charge is 2.42. The van der Waals surface area contributed by atoms with Crippen LogP contribution >= 0.6 is 0 Å². The maximum absolute atomic E-state index is 12.7. The molecular formula is C32H37F2N3O11. The summed E-state index contributed by atoms with van der Waals surface area (Å²) in [6.07, 6.45) is -2.45. The molecule has 2 aromatic rings. The highest BCUT2D eigenvalue weighted by Crippen LogP contribution is 2.40. The van der Waals surface area contributed by atoms with E-state index in [0.29, 0.717) is 28.3 Å². The van der Waals surface area contributed by atoms with Gasteiger partial charge in [-0.1, -0.05) is 0 Å². The summed E-state index contributed by atoms with van der Waals surface area (Å²) in [7, 11) is 4.22. The van der Waals surface area contributed by atoms with Crippen LogP contribution in [0.15, 0.2) is 24.3 Å². The highest BCUT2D eigenvalue weighted by atomic mass is 19.3. The van der Waals surface area contributed by atoms with Crippen LogP contribution in [0.4, 0.5) is 20.2 Å². The smallest absolute Gasteiger partial charge is 0.373 e. The zero-order chi connectivity index (χ0) is 36.7. The molecule has 260 valence electrons. The first kappa shape index (κ1) is 38.8. The van der Waals surface area contributed by atoms with Gasteiger partial charge < -0.3 is 29.2 Å². The number of ether oxygens (including phenoxy) is 4. The Morgan fingerprint density at radius 3 is 1.69 bits per heavy atom. The van der Waals surface area contributed by atoms with Gasteiger partial charge in [-0.2, -0.15) is 9.59 Å². The van der Waals surface area contributed by atoms with E-state index in [1.165, 1.54) is 39.0 Å². The van der Waals surface area contributed by atoms with E-state index in [-0.39, 0.29) is 23.3 Å². The second-order valence-electron chi connectivity index (χ2n) is 11.5. The quantitative estimate of drug-likeness (QED) is 0.445. The fraction of sp³-hybridized carbons (Fsp3) is 0.438. The molecule has 0 fully saturated rings. The van der Waals surface area contributed by atoms with Crippen molar-refractivity contribution >= 4 is 47.2 Å². The molecule has 0 saturated heterocycles. The van der Waals surface area contributed by atoms with E-state index in [1.807, 2.05) is 0 Å². The van der Waals surface area contributed by atoms with Crippen molar-refractivity contribution in [1.82, 2.24) is 5.32 Å². The number of nitrogens with one attached hydrogen (secondary N) is 1. The molecule has 2 aliphatic heterocycles. The molecule has 48 heavy (non-hydrogen) atoms. The Bertz CT molecular complexity index is 1630. The zero-order valence-electron chi connectivity index (χ0n) is 27.9. The number of hydrogen-bond acceptors (Lipinski definition) is 11. The van der Waals surface area contributed by atoms with Crippen LogP contribution in [0.2, 0.25) is 0 Å². The van der Waals surface area contributed by atoms with Crippen molar-refractivity contribution in [2.24, 2.45) is 0 Å². The summed E-state index contributed by atoms with van der Waals surface area (Å²) in [6.45, 7) is 8.71. The molecule has 16 heteroatoms. The van der Waals surface area contributed by atoms with E-state index >= 15 is 0 Å². The molecule has 0 bridgehead atoms. The number of methoxy groups -OCH3 is 2. The summed E-state index contributed by atoms with van der Waals surface area (Å²) in [4.78, 5) is 79.2. The number of halogens is 2. The average molecular weight is 678 g/mol. The van der Waals surface area contributed by atoms with Crippen LogP contribution in [0.25, 0.3) is 0 Å². The van der Waals surface area contributed by atoms with Gasteiger partial charge in [0, 0.05) is 7.05 Å². The van der Waals surface area contributed by atoms with Crippen molar-refractivity contribution in [3.63, 3.8) is 0 Å². The third-order valence-corrected chi connectivity index (χ3v) is 7.14. The number of likely N-dealkylation sites (N-methyl/N-ethyl adjacent to an activating group) is 1. The minimum absolute atomic E-state index is 0.153. The summed E-state index contributed by atoms with van der Waals surface area (Å²) >= 11 is 0. The number of rotatable bonds is 6. The van der Waals surface area contributed by atoms with E-state index in [4.69, 9.17) is 28.5 Å². The van der Waals surface area contributed by atoms with Gasteiger partial charge >= 0.3 is 18.1 Å². The Kier molecular flexibility index (Phi) is 12.5. The van der Waals surface area contributed by atoms with E-state index in [0.717, 1.165) is 10.5 Å². The molecule has 0 unspecified atom stereocenters. The largest absolute Gasteiger partial charge is 0.476 e. The van der Waals surface area contributed by atoms with Crippen molar-refractivity contribution in [1.29, 1.82) is 0 Å². The minimum atomic E-state index is -2.70. The van der Waals surface area contributed by atoms with Gasteiger partial charge in [0.15, 0.2) is 11.2 Å². The molecule has 2 aliphatic rings. The number of fused-ring (bicyclic) bond motifs is 2. The van der Waals surface area contributed by atoms with E-state index in [1.54, 1.807) is 52.9 Å². The maximum atomic E-state index is 12.7. The number of anilines is 2. The monoisotopic (exact) mass is 677 g/mol. The first-order chi connectivity index (χ1) is 22.3. The number of carbonyl (C=O) groups is 5. The normalized spacial score (nSPS) is 15.1. The third-order valence-electron chi connectivity index (χ3n) is 7.14. The standard InChI is InChI=1S/C17H20F2N2O5.C14H17NO4.CO2/c1-9-5-12-11(6-10(9)15(23)25-4)21(16(24)17(2,3)26-12)8-14(22)20-7-13(18)19;1-8-6-11-10(7-9(8)12(16)18-5)15(4)13(17)14(2,3)19-11;2-1-3/h5-6,13H,7-8H2,1-4H3,(H,20,22);6-7H,1-5H3;. The maximum Gasteiger partial charge on any atom is 0.373 e. The van der Waals surface area contributed by atoms with Gasteiger partial charge in [0.2, 0.25) is 5.91 Å². The lowest BCUT2D eigenvalue weighted by atomic mass is 10.00. The van der Waals surface area contributed by atoms with E-state index < -0.39 is 54.5 Å². The third kappa shape index (κ3) is 8.70. The molecule has 0 spiro atoms. The number of carbonyl (C=O) groups excluding carboxylic acids is 7.